The molecule has 2 unspecified atom stereocenters. The number of H-pyrrole nitrogens is 1. The van der Waals surface area contributed by atoms with Crippen molar-refractivity contribution in [2.75, 3.05) is 19.8 Å². The van der Waals surface area contributed by atoms with Gasteiger partial charge in [0, 0.05) is 38.6 Å². The summed E-state index contributed by atoms with van der Waals surface area (Å²) in [5.74, 6) is -6.86. The number of aromatic amines is 1. The first-order valence-electron chi connectivity index (χ1n) is 20.2. The van der Waals surface area contributed by atoms with E-state index in [2.05, 4.69) is 35.8 Å². The number of carboxylic acids is 2. The summed E-state index contributed by atoms with van der Waals surface area (Å²) in [5, 5.41) is 73.1. The molecule has 0 bridgehead atoms. The van der Waals surface area contributed by atoms with Gasteiger partial charge in [-0.2, -0.15) is 0 Å². The minimum absolute atomic E-state index is 0.137. The Labute approximate surface area is 378 Å². The lowest BCUT2D eigenvalue weighted by atomic mass is 9.96. The molecule has 4 amide bonds. The van der Waals surface area contributed by atoms with Gasteiger partial charge in [-0.3, -0.25) is 47.2 Å². The summed E-state index contributed by atoms with van der Waals surface area (Å²) in [7, 11) is -12.3. The number of nitrogens with one attached hydrogen (secondary N) is 5. The topological polar surface area (TPSA) is 496 Å². The van der Waals surface area contributed by atoms with Crippen LogP contribution in [0.4, 0.5) is 0 Å². The van der Waals surface area contributed by atoms with Crippen LogP contribution in [0.25, 0.3) is 0 Å². The number of ether oxygens (including phenoxy) is 3. The van der Waals surface area contributed by atoms with Gasteiger partial charge in [0.2, 0.25) is 23.6 Å². The fraction of sp³-hybridized carbons (Fsp3) is 0.706. The first-order valence-corrected chi connectivity index (χ1v) is 23.1. The largest absolute Gasteiger partial charge is 0.756 e. The number of aliphatic hydroxyl groups excluding tert-OH is 4. The number of unbranched alkanes of at least 4 members (excludes halogenated alkanes) is 1. The van der Waals surface area contributed by atoms with Crippen LogP contribution >= 0.6 is 15.6 Å². The van der Waals surface area contributed by atoms with Crippen molar-refractivity contribution in [2.24, 2.45) is 0 Å². The summed E-state index contributed by atoms with van der Waals surface area (Å²) in [6.45, 7) is 0.869. The third kappa shape index (κ3) is 17.2. The van der Waals surface area contributed by atoms with Gasteiger partial charge in [0.15, 0.2) is 12.5 Å². The minimum Gasteiger partial charge on any atom is -0.756 e. The zero-order chi connectivity index (χ0) is 50.6. The molecular weight excluding hydrogens is 952 g/mol. The van der Waals surface area contributed by atoms with Crippen LogP contribution in [0.1, 0.15) is 59.1 Å². The van der Waals surface area contributed by atoms with Crippen molar-refractivity contribution in [3.8, 4) is 0 Å². The van der Waals surface area contributed by atoms with E-state index in [1.54, 1.807) is 0 Å². The number of phosphoric acid groups is 2. The Hall–Kier alpha value is -4.56. The lowest BCUT2D eigenvalue weighted by Crippen LogP contribution is -2.68. The van der Waals surface area contributed by atoms with E-state index in [0.717, 1.165) is 33.0 Å². The molecule has 0 saturated carbocycles. The van der Waals surface area contributed by atoms with Gasteiger partial charge in [0.1, 0.15) is 60.9 Å². The zero-order valence-corrected chi connectivity index (χ0v) is 37.6. The molecule has 1 aromatic rings. The lowest BCUT2D eigenvalue weighted by molar-refractivity contribution is -0.438. The number of aromatic nitrogens is 2. The highest BCUT2D eigenvalue weighted by Crippen LogP contribution is 2.57. The molecule has 0 aliphatic carbocycles. The van der Waals surface area contributed by atoms with E-state index in [1.165, 1.54) is 0 Å². The Morgan fingerprint density at radius 2 is 1.60 bits per heavy atom. The number of carbonyl (C=O) groups excluding carboxylic acids is 6. The second-order valence-electron chi connectivity index (χ2n) is 15.1. The van der Waals surface area contributed by atoms with Crippen LogP contribution in [0.5, 0.6) is 0 Å². The summed E-state index contributed by atoms with van der Waals surface area (Å²) in [4.78, 5) is 124. The van der Waals surface area contributed by atoms with Crippen molar-refractivity contribution >= 4 is 51.2 Å². The number of carboxylic acid groups (broad SMARTS) is 2. The molecule has 0 aromatic carbocycles. The molecule has 15 atom stereocenters. The van der Waals surface area contributed by atoms with E-state index >= 15 is 0 Å². The number of hydrogen-bond acceptors (Lipinski definition) is 24. The second-order valence-corrected chi connectivity index (χ2v) is 18.0. The van der Waals surface area contributed by atoms with Crippen LogP contribution in [-0.4, -0.2) is 158 Å². The van der Waals surface area contributed by atoms with E-state index in [1.807, 2.05) is 4.98 Å². The predicted molar refractivity (Wildman–Crippen MR) is 207 cm³/mol. The number of phosphoric ester groups is 2. The van der Waals surface area contributed by atoms with Crippen LogP contribution in [0.2, 0.25) is 0 Å². The van der Waals surface area contributed by atoms with Gasteiger partial charge in [-0.15, -0.1) is 0 Å². The van der Waals surface area contributed by atoms with Crippen molar-refractivity contribution in [1.82, 2.24) is 30.8 Å². The summed E-state index contributed by atoms with van der Waals surface area (Å²) >= 11 is 0. The molecule has 67 heavy (non-hydrogen) atoms. The van der Waals surface area contributed by atoms with E-state index in [-0.39, 0.29) is 19.4 Å². The maximum Gasteiger partial charge on any atom is 0.330 e. The van der Waals surface area contributed by atoms with Crippen molar-refractivity contribution in [2.45, 2.75) is 132 Å². The predicted octanol–water partition coefficient (Wildman–Crippen LogP) is -10.3. The molecule has 0 radical (unpaired) electrons. The molecule has 380 valence electrons. The van der Waals surface area contributed by atoms with Crippen molar-refractivity contribution in [3.05, 3.63) is 33.1 Å². The number of amides is 4. The average molecular weight is 1000 g/mol. The Kier molecular flexibility index (Phi) is 21.3. The zero-order valence-electron chi connectivity index (χ0n) is 35.8. The highest BCUT2D eigenvalue weighted by atomic mass is 31.3. The quantitative estimate of drug-likeness (QED) is 0.0304. The lowest BCUT2D eigenvalue weighted by Gasteiger charge is -2.46. The third-order valence-corrected chi connectivity index (χ3v) is 12.4. The Morgan fingerprint density at radius 1 is 0.925 bits per heavy atom. The van der Waals surface area contributed by atoms with E-state index in [9.17, 15) is 87.9 Å². The molecule has 1 aromatic heterocycles. The number of aliphatic carboxylic acids is 2. The standard InChI is InChI=1S/C34H55N7O24P2/c1-14(28(49)39-18(32(53)54)7-8-21(44)36-10-5-4-6-17(35)31(51)52)37-29(50)15(2)61-27-23(38-16(3)43)33(63-19(12-42)25(27)47)64-67(58,59)65-66(56,57)60-13-20-24(46)26(48)30(62-20)41-11-9-22(45)40-34(41)55/h9,11,14-15,17-20,23-27,30,33,42,46-48H,4-8,10,12-13,35H2,1-3H3,(H,36,44)(H,37,50)(H,38,43)(H,39,49)(H,51,52)(H,53,54)(H,56,57)(H,58,59)(H,40,45,55)/p-3/t14-,15+,17+,18+,19+,20+,23+,24+,25+,26+,27+,30+,33+/m0/s1. The molecule has 2 aliphatic heterocycles. The van der Waals surface area contributed by atoms with Crippen molar-refractivity contribution in [1.29, 1.82) is 0 Å². The molecule has 2 fully saturated rings. The normalized spacial score (nSPS) is 27.5. The van der Waals surface area contributed by atoms with Crippen molar-refractivity contribution < 1.29 is 112 Å². The number of aliphatic hydroxyl groups is 4. The Balaban J connectivity index is 1.62. The number of rotatable bonds is 26. The Morgan fingerprint density at radius 3 is 2.19 bits per heavy atom. The number of carbonyl (C=O) groups is 6. The molecule has 2 aliphatic rings. The molecule has 12 N–H and O–H groups in total. The average Bonchev–Trinajstić information content (AvgIpc) is 3.51. The third-order valence-electron chi connectivity index (χ3n) is 9.89. The monoisotopic (exact) mass is 1000 g/mol. The summed E-state index contributed by atoms with van der Waals surface area (Å²) in [6.07, 6.45) is -16.1. The molecule has 3 heterocycles. The van der Waals surface area contributed by atoms with Gasteiger partial charge in [-0.25, -0.2) is 9.11 Å². The van der Waals surface area contributed by atoms with Gasteiger partial charge in [0.05, 0.1) is 31.2 Å². The molecule has 33 heteroatoms. The highest BCUT2D eigenvalue weighted by molar-refractivity contribution is 7.59. The summed E-state index contributed by atoms with van der Waals surface area (Å²) in [6, 6.07) is -5.24. The van der Waals surface area contributed by atoms with Gasteiger partial charge in [0.25, 0.3) is 21.2 Å². The first-order chi connectivity index (χ1) is 31.2. The van der Waals surface area contributed by atoms with E-state index < -0.39 is 162 Å². The van der Waals surface area contributed by atoms with E-state index in [0.29, 0.717) is 17.4 Å². The number of quaternary nitrogens is 1. The molecule has 3 rings (SSSR count). The van der Waals surface area contributed by atoms with Crippen LogP contribution in [-0.2, 0) is 65.5 Å². The maximum absolute atomic E-state index is 13.2. The molecule has 31 nitrogen and oxygen atoms in total. The Bertz CT molecular complexity index is 2130. The number of nitrogens with zero attached hydrogens (tertiary/aromatic N) is 1. The smallest absolute Gasteiger partial charge is 0.330 e. The highest BCUT2D eigenvalue weighted by Gasteiger charge is 2.50. The van der Waals surface area contributed by atoms with E-state index in [4.69, 9.17) is 18.7 Å². The summed E-state index contributed by atoms with van der Waals surface area (Å²) in [5.41, 5.74) is 1.52. The molecular formula is C34H52N7O24P2-3. The van der Waals surface area contributed by atoms with Crippen LogP contribution in [0.3, 0.4) is 0 Å². The van der Waals surface area contributed by atoms with Crippen molar-refractivity contribution in [3.63, 3.8) is 0 Å². The van der Waals surface area contributed by atoms with Gasteiger partial charge < -0.3 is 95.8 Å². The number of hydrogen-bond donors (Lipinski definition) is 10. The van der Waals surface area contributed by atoms with Gasteiger partial charge >= 0.3 is 5.69 Å². The maximum atomic E-state index is 13.2. The van der Waals surface area contributed by atoms with Gasteiger partial charge in [-0.05, 0) is 33.1 Å². The second kappa shape index (κ2) is 25.2. The minimum atomic E-state index is -6.22. The van der Waals surface area contributed by atoms with Crippen LogP contribution in [0.15, 0.2) is 21.9 Å². The van der Waals surface area contributed by atoms with Crippen LogP contribution < -0.4 is 58.2 Å². The fourth-order valence-electron chi connectivity index (χ4n) is 6.35. The van der Waals surface area contributed by atoms with Crippen LogP contribution in [0, 0.1) is 0 Å². The SMILES string of the molecule is CC(=O)N[C@H]1[C@@H](OP(=O)([O-])OP(=O)([O-])OC[C@H]2O[C@@H](n3ccc(=O)[nH]c3=O)[C@H](O)[C@@H]2O)O[C@H](CO)[C@@H](O)[C@@H]1O[C@H](C)C(=O)N[C@@H](C)C(=O)N[C@H](CCC(=O)NCCCC[C@@H]([NH3+])C(=O)[O-])C(=O)[O-]. The molecule has 0 spiro atoms. The first kappa shape index (κ1) is 56.8. The van der Waals surface area contributed by atoms with Gasteiger partial charge in [-0.1, -0.05) is 0 Å². The summed E-state index contributed by atoms with van der Waals surface area (Å²) < 4.78 is 55.8. The molecule has 2 saturated heterocycles. The fourth-order valence-corrected chi connectivity index (χ4v) is 8.44.